The van der Waals surface area contributed by atoms with Gasteiger partial charge in [-0.15, -0.1) is 11.3 Å². The van der Waals surface area contributed by atoms with Crippen molar-refractivity contribution in [3.63, 3.8) is 0 Å². The van der Waals surface area contributed by atoms with Crippen LogP contribution in [-0.4, -0.2) is 15.9 Å². The van der Waals surface area contributed by atoms with Crippen LogP contribution >= 0.6 is 11.3 Å². The number of aryl methyl sites for hydroxylation is 2. The summed E-state index contributed by atoms with van der Waals surface area (Å²) >= 11 is 1.38. The number of thiazole rings is 1. The minimum absolute atomic E-state index is 0.236. The van der Waals surface area contributed by atoms with Crippen molar-refractivity contribution in [2.24, 2.45) is 0 Å². The Labute approximate surface area is 166 Å². The lowest BCUT2D eigenvalue weighted by atomic mass is 10.1. The van der Waals surface area contributed by atoms with Gasteiger partial charge in [0.1, 0.15) is 5.82 Å². The van der Waals surface area contributed by atoms with E-state index in [9.17, 15) is 9.18 Å². The first-order chi connectivity index (χ1) is 13.5. The van der Waals surface area contributed by atoms with Gasteiger partial charge in [0.15, 0.2) is 5.13 Å². The quantitative estimate of drug-likeness (QED) is 0.514. The van der Waals surface area contributed by atoms with Gasteiger partial charge < -0.3 is 0 Å². The second-order valence-corrected chi connectivity index (χ2v) is 7.83. The van der Waals surface area contributed by atoms with Crippen molar-refractivity contribution < 1.29 is 9.18 Å². The Morgan fingerprint density at radius 2 is 2.00 bits per heavy atom. The second kappa shape index (κ2) is 7.48. The SMILES string of the molecule is Cc1ccc2nc(C)c(C(=O)Nc3ncc(Cc4cccc(F)c4)s3)cc2c1. The zero-order valence-corrected chi connectivity index (χ0v) is 16.3. The molecule has 0 atom stereocenters. The zero-order valence-electron chi connectivity index (χ0n) is 15.5. The molecule has 1 N–H and O–H groups in total. The van der Waals surface area contributed by atoms with E-state index >= 15 is 0 Å². The van der Waals surface area contributed by atoms with Crippen LogP contribution in [-0.2, 0) is 6.42 Å². The summed E-state index contributed by atoms with van der Waals surface area (Å²) in [6, 6.07) is 14.3. The molecule has 2 aromatic heterocycles. The number of nitrogens with zero attached hydrogens (tertiary/aromatic N) is 2. The van der Waals surface area contributed by atoms with Crippen LogP contribution in [0.5, 0.6) is 0 Å². The number of carbonyl (C=O) groups excluding carboxylic acids is 1. The van der Waals surface area contributed by atoms with E-state index in [1.165, 1.54) is 23.5 Å². The minimum atomic E-state index is -0.259. The highest BCUT2D eigenvalue weighted by Crippen LogP contribution is 2.23. The lowest BCUT2D eigenvalue weighted by Crippen LogP contribution is -2.14. The number of fused-ring (bicyclic) bond motifs is 1. The van der Waals surface area contributed by atoms with Crippen LogP contribution in [0.1, 0.15) is 32.1 Å². The number of rotatable bonds is 4. The van der Waals surface area contributed by atoms with Crippen LogP contribution in [0, 0.1) is 19.7 Å². The fraction of sp³-hybridized carbons (Fsp3) is 0.136. The molecule has 0 aliphatic heterocycles. The highest BCUT2D eigenvalue weighted by atomic mass is 32.1. The molecular formula is C22H18FN3OS. The molecule has 2 heterocycles. The molecule has 140 valence electrons. The van der Waals surface area contributed by atoms with E-state index in [0.717, 1.165) is 26.9 Å². The molecule has 4 aromatic rings. The summed E-state index contributed by atoms with van der Waals surface area (Å²) in [4.78, 5) is 22.5. The van der Waals surface area contributed by atoms with Gasteiger partial charge in [0.05, 0.1) is 16.8 Å². The third-order valence-electron chi connectivity index (χ3n) is 4.45. The monoisotopic (exact) mass is 391 g/mol. The predicted octanol–water partition coefficient (Wildman–Crippen LogP) is 5.29. The molecule has 0 unspecified atom stereocenters. The molecule has 0 aliphatic rings. The zero-order chi connectivity index (χ0) is 19.7. The van der Waals surface area contributed by atoms with Crippen molar-refractivity contribution >= 4 is 33.3 Å². The molecule has 0 saturated heterocycles. The highest BCUT2D eigenvalue weighted by molar-refractivity contribution is 7.15. The lowest BCUT2D eigenvalue weighted by molar-refractivity contribution is 0.102. The van der Waals surface area contributed by atoms with Crippen LogP contribution in [0.15, 0.2) is 54.7 Å². The fourth-order valence-corrected chi connectivity index (χ4v) is 3.92. The van der Waals surface area contributed by atoms with E-state index in [4.69, 9.17) is 0 Å². The highest BCUT2D eigenvalue weighted by Gasteiger charge is 2.14. The van der Waals surface area contributed by atoms with Gasteiger partial charge in [-0.1, -0.05) is 23.8 Å². The van der Waals surface area contributed by atoms with E-state index in [2.05, 4.69) is 15.3 Å². The van der Waals surface area contributed by atoms with Gasteiger partial charge in [0, 0.05) is 22.9 Å². The van der Waals surface area contributed by atoms with Gasteiger partial charge in [-0.3, -0.25) is 15.1 Å². The van der Waals surface area contributed by atoms with Gasteiger partial charge in [-0.05, 0) is 49.7 Å². The van der Waals surface area contributed by atoms with E-state index in [-0.39, 0.29) is 11.7 Å². The number of nitrogens with one attached hydrogen (secondary N) is 1. The van der Waals surface area contributed by atoms with Crippen molar-refractivity contribution in [2.45, 2.75) is 20.3 Å². The number of hydrogen-bond donors (Lipinski definition) is 1. The Morgan fingerprint density at radius 3 is 2.82 bits per heavy atom. The van der Waals surface area contributed by atoms with Crippen LogP contribution in [0.2, 0.25) is 0 Å². The van der Waals surface area contributed by atoms with E-state index in [1.807, 2.05) is 44.2 Å². The Hall–Kier alpha value is -3.12. The lowest BCUT2D eigenvalue weighted by Gasteiger charge is -2.07. The van der Waals surface area contributed by atoms with Crippen LogP contribution < -0.4 is 5.32 Å². The molecule has 0 bridgehead atoms. The molecule has 0 aliphatic carbocycles. The average Bonchev–Trinajstić information content (AvgIpc) is 3.08. The van der Waals surface area contributed by atoms with Crippen molar-refractivity contribution in [1.29, 1.82) is 0 Å². The maximum atomic E-state index is 13.3. The number of hydrogen-bond acceptors (Lipinski definition) is 4. The Kier molecular flexibility index (Phi) is 4.88. The smallest absolute Gasteiger partial charge is 0.259 e. The molecule has 0 radical (unpaired) electrons. The topological polar surface area (TPSA) is 54.9 Å². The van der Waals surface area contributed by atoms with E-state index in [1.54, 1.807) is 12.3 Å². The van der Waals surface area contributed by atoms with Crippen molar-refractivity contribution in [3.8, 4) is 0 Å². The van der Waals surface area contributed by atoms with Gasteiger partial charge in [-0.25, -0.2) is 9.37 Å². The van der Waals surface area contributed by atoms with E-state index in [0.29, 0.717) is 22.8 Å². The van der Waals surface area contributed by atoms with Crippen molar-refractivity contribution in [2.75, 3.05) is 5.32 Å². The van der Waals surface area contributed by atoms with E-state index < -0.39 is 0 Å². The summed E-state index contributed by atoms with van der Waals surface area (Å²) in [7, 11) is 0. The minimum Gasteiger partial charge on any atom is -0.298 e. The molecule has 0 saturated carbocycles. The molecule has 28 heavy (non-hydrogen) atoms. The predicted molar refractivity (Wildman–Crippen MR) is 110 cm³/mol. The van der Waals surface area contributed by atoms with Gasteiger partial charge in [0.25, 0.3) is 5.91 Å². The maximum Gasteiger partial charge on any atom is 0.259 e. The summed E-state index contributed by atoms with van der Waals surface area (Å²) in [5.74, 6) is -0.495. The Bertz CT molecular complexity index is 1190. The molecule has 1 amide bonds. The third-order valence-corrected chi connectivity index (χ3v) is 5.36. The number of carbonyl (C=O) groups is 1. The third kappa shape index (κ3) is 3.92. The van der Waals surface area contributed by atoms with Crippen molar-refractivity contribution in [3.05, 3.63) is 87.8 Å². The molecule has 4 rings (SSSR count). The van der Waals surface area contributed by atoms with Gasteiger partial charge in [-0.2, -0.15) is 0 Å². The van der Waals surface area contributed by atoms with Gasteiger partial charge in [0.2, 0.25) is 0 Å². The number of halogens is 1. The normalized spacial score (nSPS) is 11.0. The molecule has 6 heteroatoms. The van der Waals surface area contributed by atoms with Gasteiger partial charge >= 0.3 is 0 Å². The first-order valence-corrected chi connectivity index (χ1v) is 9.68. The number of anilines is 1. The van der Waals surface area contributed by atoms with Crippen LogP contribution in [0.3, 0.4) is 0 Å². The molecule has 2 aromatic carbocycles. The second-order valence-electron chi connectivity index (χ2n) is 6.71. The molecule has 0 spiro atoms. The summed E-state index contributed by atoms with van der Waals surface area (Å²) in [6.45, 7) is 3.83. The Balaban J connectivity index is 1.53. The summed E-state index contributed by atoms with van der Waals surface area (Å²) < 4.78 is 13.3. The van der Waals surface area contributed by atoms with Crippen molar-refractivity contribution in [1.82, 2.24) is 9.97 Å². The molecule has 0 fully saturated rings. The molecular weight excluding hydrogens is 373 g/mol. The Morgan fingerprint density at radius 1 is 1.14 bits per heavy atom. The van der Waals surface area contributed by atoms with Crippen LogP contribution in [0.4, 0.5) is 9.52 Å². The summed E-state index contributed by atoms with van der Waals surface area (Å²) in [5.41, 5.74) is 4.05. The summed E-state index contributed by atoms with van der Waals surface area (Å²) in [5, 5.41) is 4.30. The first-order valence-electron chi connectivity index (χ1n) is 8.86. The number of aromatic nitrogens is 2. The first kappa shape index (κ1) is 18.3. The van der Waals surface area contributed by atoms with Crippen LogP contribution in [0.25, 0.3) is 10.9 Å². The number of pyridine rings is 1. The fourth-order valence-electron chi connectivity index (χ4n) is 3.08. The number of amides is 1. The number of benzene rings is 2. The maximum absolute atomic E-state index is 13.3. The average molecular weight is 391 g/mol. The standard InChI is InChI=1S/C22H18FN3OS/c1-13-6-7-20-16(8-13)11-19(14(2)25-20)21(27)26-22-24-12-18(28-22)10-15-4-3-5-17(23)9-15/h3-9,11-12H,10H2,1-2H3,(H,24,26,27). The summed E-state index contributed by atoms with van der Waals surface area (Å²) in [6.07, 6.45) is 2.28. The largest absolute Gasteiger partial charge is 0.298 e. The molecule has 4 nitrogen and oxygen atoms in total.